The fourth-order valence-electron chi connectivity index (χ4n) is 3.59. The summed E-state index contributed by atoms with van der Waals surface area (Å²) in [6.07, 6.45) is 2.22. The van der Waals surface area contributed by atoms with Gasteiger partial charge in [0.25, 0.3) is 5.91 Å². The van der Waals surface area contributed by atoms with E-state index in [2.05, 4.69) is 34.7 Å². The van der Waals surface area contributed by atoms with E-state index < -0.39 is 6.03 Å². The number of hydrogen-bond acceptors (Lipinski definition) is 5. The predicted octanol–water partition coefficient (Wildman–Crippen LogP) is 4.33. The van der Waals surface area contributed by atoms with E-state index in [1.807, 2.05) is 12.1 Å². The molecule has 172 valence electrons. The molecule has 2 aromatic rings. The molecule has 1 aliphatic heterocycles. The monoisotopic (exact) mass is 440 g/mol. The molecule has 0 spiro atoms. The van der Waals surface area contributed by atoms with Crippen molar-refractivity contribution < 1.29 is 19.1 Å². The zero-order valence-electron chi connectivity index (χ0n) is 19.2. The number of amides is 3. The van der Waals surface area contributed by atoms with Crippen molar-refractivity contribution in [3.63, 3.8) is 0 Å². The van der Waals surface area contributed by atoms with Crippen LogP contribution in [0.25, 0.3) is 0 Å². The molecular formula is C24H32N4O4. The molecule has 8 heteroatoms. The van der Waals surface area contributed by atoms with Crippen molar-refractivity contribution >= 4 is 29.0 Å². The third-order valence-electron chi connectivity index (χ3n) is 5.23. The van der Waals surface area contributed by atoms with Crippen molar-refractivity contribution in [2.24, 2.45) is 5.92 Å². The maximum absolute atomic E-state index is 12.9. The van der Waals surface area contributed by atoms with Gasteiger partial charge in [-0.25, -0.2) is 4.79 Å². The highest BCUT2D eigenvalue weighted by atomic mass is 16.5. The summed E-state index contributed by atoms with van der Waals surface area (Å²) in [6, 6.07) is 10.1. The Morgan fingerprint density at radius 2 is 1.56 bits per heavy atom. The molecule has 1 saturated heterocycles. The van der Waals surface area contributed by atoms with Gasteiger partial charge < -0.3 is 30.3 Å². The van der Waals surface area contributed by atoms with Crippen molar-refractivity contribution in [3.05, 3.63) is 42.0 Å². The number of urea groups is 1. The number of carbonyl (C=O) groups excluding carboxylic acids is 2. The van der Waals surface area contributed by atoms with Crippen molar-refractivity contribution in [2.75, 3.05) is 49.4 Å². The molecule has 0 unspecified atom stereocenters. The fraction of sp³-hybridized carbons (Fsp3) is 0.417. The van der Waals surface area contributed by atoms with Gasteiger partial charge >= 0.3 is 6.03 Å². The van der Waals surface area contributed by atoms with Crippen molar-refractivity contribution in [3.8, 4) is 11.5 Å². The average molecular weight is 441 g/mol. The van der Waals surface area contributed by atoms with Crippen LogP contribution in [0.1, 0.15) is 37.0 Å². The highest BCUT2D eigenvalue weighted by Crippen LogP contribution is 2.29. The Morgan fingerprint density at radius 3 is 2.16 bits per heavy atom. The van der Waals surface area contributed by atoms with Crippen molar-refractivity contribution in [1.82, 2.24) is 5.32 Å². The summed E-state index contributed by atoms with van der Waals surface area (Å²) in [5, 5.41) is 8.58. The van der Waals surface area contributed by atoms with E-state index in [9.17, 15) is 9.59 Å². The van der Waals surface area contributed by atoms with Crippen molar-refractivity contribution in [1.29, 1.82) is 0 Å². The molecule has 3 amide bonds. The van der Waals surface area contributed by atoms with E-state index in [1.54, 1.807) is 38.5 Å². The van der Waals surface area contributed by atoms with Gasteiger partial charge in [-0.3, -0.25) is 4.79 Å². The standard InChI is InChI=1S/C24H32N4O4/c1-16(2)15-25-23(29)21-13-17(7-8-22(21)28-9-5-6-10-28)26-24(30)27-18-11-19(31-3)14-20(12-18)32-4/h7-8,11-14,16H,5-6,9-10,15H2,1-4H3,(H,25,29)(H2,26,27,30). The molecule has 0 aromatic heterocycles. The van der Waals surface area contributed by atoms with Gasteiger partial charge in [0.1, 0.15) is 11.5 Å². The molecule has 1 aliphatic rings. The third kappa shape index (κ3) is 6.06. The molecule has 0 radical (unpaired) electrons. The summed E-state index contributed by atoms with van der Waals surface area (Å²) in [7, 11) is 3.10. The third-order valence-corrected chi connectivity index (χ3v) is 5.23. The number of hydrogen-bond donors (Lipinski definition) is 3. The quantitative estimate of drug-likeness (QED) is 0.568. The molecule has 8 nitrogen and oxygen atoms in total. The second-order valence-electron chi connectivity index (χ2n) is 8.21. The van der Waals surface area contributed by atoms with Crippen LogP contribution in [-0.2, 0) is 0 Å². The van der Waals surface area contributed by atoms with E-state index in [-0.39, 0.29) is 5.91 Å². The first-order valence-electron chi connectivity index (χ1n) is 10.9. The molecule has 1 fully saturated rings. The Morgan fingerprint density at radius 1 is 0.938 bits per heavy atom. The van der Waals surface area contributed by atoms with Gasteiger partial charge in [0.05, 0.1) is 19.8 Å². The molecular weight excluding hydrogens is 408 g/mol. The predicted molar refractivity (Wildman–Crippen MR) is 127 cm³/mol. The Kier molecular flexibility index (Phi) is 7.81. The Balaban J connectivity index is 1.77. The first-order valence-corrected chi connectivity index (χ1v) is 10.9. The van der Waals surface area contributed by atoms with Gasteiger partial charge in [0.15, 0.2) is 0 Å². The van der Waals surface area contributed by atoms with Gasteiger partial charge in [-0.1, -0.05) is 13.8 Å². The van der Waals surface area contributed by atoms with Gasteiger partial charge in [-0.05, 0) is 37.0 Å². The minimum Gasteiger partial charge on any atom is -0.497 e. The van der Waals surface area contributed by atoms with Crippen LogP contribution in [-0.4, -0.2) is 45.8 Å². The van der Waals surface area contributed by atoms with Crippen molar-refractivity contribution in [2.45, 2.75) is 26.7 Å². The summed E-state index contributed by atoms with van der Waals surface area (Å²) >= 11 is 0. The lowest BCUT2D eigenvalue weighted by molar-refractivity contribution is 0.0949. The number of nitrogens with zero attached hydrogens (tertiary/aromatic N) is 1. The van der Waals surface area contributed by atoms with Gasteiger partial charge in [-0.2, -0.15) is 0 Å². The average Bonchev–Trinajstić information content (AvgIpc) is 3.31. The fourth-order valence-corrected chi connectivity index (χ4v) is 3.59. The topological polar surface area (TPSA) is 91.9 Å². The Hall–Kier alpha value is -3.42. The normalized spacial score (nSPS) is 13.1. The van der Waals surface area contributed by atoms with Gasteiger partial charge in [-0.15, -0.1) is 0 Å². The molecule has 3 rings (SSSR count). The number of anilines is 3. The van der Waals surface area contributed by atoms with Gasteiger partial charge in [0, 0.05) is 54.9 Å². The molecule has 0 saturated carbocycles. The summed E-state index contributed by atoms with van der Waals surface area (Å²) in [6.45, 7) is 6.55. The molecule has 0 bridgehead atoms. The number of ether oxygens (including phenoxy) is 2. The lowest BCUT2D eigenvalue weighted by Gasteiger charge is -2.22. The van der Waals surface area contributed by atoms with Crippen LogP contribution in [0.4, 0.5) is 21.9 Å². The molecule has 2 aromatic carbocycles. The summed E-state index contributed by atoms with van der Waals surface area (Å²) in [5.41, 5.74) is 2.53. The smallest absolute Gasteiger partial charge is 0.323 e. The van der Waals surface area contributed by atoms with Crippen LogP contribution < -0.4 is 30.3 Å². The van der Waals surface area contributed by atoms with E-state index >= 15 is 0 Å². The first kappa shape index (κ1) is 23.2. The maximum atomic E-state index is 12.9. The minimum atomic E-state index is -0.428. The minimum absolute atomic E-state index is 0.137. The van der Waals surface area contributed by atoms with Crippen LogP contribution in [0, 0.1) is 5.92 Å². The van der Waals surface area contributed by atoms with Crippen LogP contribution in [0.5, 0.6) is 11.5 Å². The van der Waals surface area contributed by atoms with E-state index in [0.717, 1.165) is 31.6 Å². The Bertz CT molecular complexity index is 933. The number of nitrogens with one attached hydrogen (secondary N) is 3. The molecule has 1 heterocycles. The second kappa shape index (κ2) is 10.7. The van der Waals surface area contributed by atoms with Crippen LogP contribution >= 0.6 is 0 Å². The van der Waals surface area contributed by atoms with E-state index in [1.165, 1.54) is 0 Å². The maximum Gasteiger partial charge on any atom is 0.323 e. The summed E-state index contributed by atoms with van der Waals surface area (Å²) in [5.74, 6) is 1.35. The molecule has 3 N–H and O–H groups in total. The van der Waals surface area contributed by atoms with E-state index in [4.69, 9.17) is 9.47 Å². The largest absolute Gasteiger partial charge is 0.497 e. The highest BCUT2D eigenvalue weighted by molar-refractivity contribution is 6.04. The second-order valence-corrected chi connectivity index (χ2v) is 8.21. The summed E-state index contributed by atoms with van der Waals surface area (Å²) < 4.78 is 10.5. The highest BCUT2D eigenvalue weighted by Gasteiger charge is 2.20. The van der Waals surface area contributed by atoms with Crippen LogP contribution in [0.2, 0.25) is 0 Å². The number of methoxy groups -OCH3 is 2. The molecule has 32 heavy (non-hydrogen) atoms. The number of rotatable bonds is 8. The molecule has 0 atom stereocenters. The van der Waals surface area contributed by atoms with Gasteiger partial charge in [0.2, 0.25) is 0 Å². The number of benzene rings is 2. The Labute approximate surface area is 189 Å². The molecule has 0 aliphatic carbocycles. The van der Waals surface area contributed by atoms with Crippen LogP contribution in [0.15, 0.2) is 36.4 Å². The lowest BCUT2D eigenvalue weighted by Crippen LogP contribution is -2.30. The first-order chi connectivity index (χ1) is 15.4. The SMILES string of the molecule is COc1cc(NC(=O)Nc2ccc(N3CCCC3)c(C(=O)NCC(C)C)c2)cc(OC)c1. The zero-order valence-corrected chi connectivity index (χ0v) is 19.2. The van der Waals surface area contributed by atoms with Crippen LogP contribution in [0.3, 0.4) is 0 Å². The van der Waals surface area contributed by atoms with E-state index in [0.29, 0.717) is 40.9 Å². The lowest BCUT2D eigenvalue weighted by atomic mass is 10.1. The number of carbonyl (C=O) groups is 2. The summed E-state index contributed by atoms with van der Waals surface area (Å²) in [4.78, 5) is 27.7. The zero-order chi connectivity index (χ0) is 23.1.